The summed E-state index contributed by atoms with van der Waals surface area (Å²) in [6.07, 6.45) is 2.39. The zero-order valence-electron chi connectivity index (χ0n) is 11.3. The van der Waals surface area contributed by atoms with Crippen LogP contribution in [0.2, 0.25) is 0 Å². The van der Waals surface area contributed by atoms with Gasteiger partial charge in [0.05, 0.1) is 5.25 Å². The van der Waals surface area contributed by atoms with E-state index < -0.39 is 0 Å². The predicted molar refractivity (Wildman–Crippen MR) is 93.2 cm³/mol. The van der Waals surface area contributed by atoms with E-state index in [2.05, 4.69) is 26.1 Å². The van der Waals surface area contributed by atoms with Gasteiger partial charge in [0.15, 0.2) is 0 Å². The molecule has 0 aromatic heterocycles. The average Bonchev–Trinajstić information content (AvgIpc) is 2.92. The van der Waals surface area contributed by atoms with Gasteiger partial charge in [0.2, 0.25) is 5.91 Å². The Hall–Kier alpha value is -0.590. The molecule has 0 saturated carbocycles. The molecule has 108 valence electrons. The van der Waals surface area contributed by atoms with Gasteiger partial charge in [-0.3, -0.25) is 4.79 Å². The van der Waals surface area contributed by atoms with Gasteiger partial charge in [0.25, 0.3) is 0 Å². The summed E-state index contributed by atoms with van der Waals surface area (Å²) in [5.41, 5.74) is 0.795. The minimum Gasteiger partial charge on any atom is -0.358 e. The van der Waals surface area contributed by atoms with Crippen molar-refractivity contribution >= 4 is 55.8 Å². The van der Waals surface area contributed by atoms with Gasteiger partial charge in [-0.15, -0.1) is 0 Å². The molecule has 1 aliphatic heterocycles. The highest BCUT2D eigenvalue weighted by molar-refractivity contribution is 9.10. The predicted octanol–water partition coefficient (Wildman–Crippen LogP) is 3.89. The second kappa shape index (κ2) is 7.43. The van der Waals surface area contributed by atoms with E-state index in [1.54, 1.807) is 0 Å². The lowest BCUT2D eigenvalue weighted by Crippen LogP contribution is -2.29. The van der Waals surface area contributed by atoms with Crippen LogP contribution in [0.1, 0.15) is 19.8 Å². The van der Waals surface area contributed by atoms with Gasteiger partial charge in [-0.2, -0.15) is 0 Å². The number of benzene rings is 1. The number of amides is 1. The molecule has 1 N–H and O–H groups in total. The maximum atomic E-state index is 12.1. The van der Waals surface area contributed by atoms with E-state index in [9.17, 15) is 4.79 Å². The van der Waals surface area contributed by atoms with Gasteiger partial charge in [0.1, 0.15) is 4.32 Å². The molecule has 0 unspecified atom stereocenters. The molecular weight excluding hydrogens is 356 g/mol. The molecule has 0 bridgehead atoms. The largest absolute Gasteiger partial charge is 0.358 e. The fraction of sp³-hybridized carbons (Fsp3) is 0.429. The molecule has 20 heavy (non-hydrogen) atoms. The van der Waals surface area contributed by atoms with E-state index in [-0.39, 0.29) is 11.2 Å². The lowest BCUT2D eigenvalue weighted by molar-refractivity contribution is -0.115. The number of nitrogens with one attached hydrogen (secondary N) is 1. The van der Waals surface area contributed by atoms with Crippen LogP contribution >= 0.6 is 39.9 Å². The van der Waals surface area contributed by atoms with Crippen molar-refractivity contribution in [3.8, 4) is 0 Å². The summed E-state index contributed by atoms with van der Waals surface area (Å²) >= 11 is 10.2. The fourth-order valence-electron chi connectivity index (χ4n) is 1.99. The van der Waals surface area contributed by atoms with Crippen LogP contribution in [0.15, 0.2) is 28.7 Å². The highest BCUT2D eigenvalue weighted by Crippen LogP contribution is 2.22. The van der Waals surface area contributed by atoms with E-state index in [1.807, 2.05) is 31.2 Å². The van der Waals surface area contributed by atoms with Crippen molar-refractivity contribution in [2.24, 2.45) is 0 Å². The van der Waals surface area contributed by atoms with Crippen LogP contribution in [0.25, 0.3) is 0 Å². The van der Waals surface area contributed by atoms with Crippen molar-refractivity contribution in [3.05, 3.63) is 28.7 Å². The topological polar surface area (TPSA) is 32.3 Å². The number of thiocarbonyl (C=S) groups is 1. The van der Waals surface area contributed by atoms with Crippen LogP contribution in [-0.4, -0.2) is 33.5 Å². The first-order chi connectivity index (χ1) is 9.56. The Bertz CT molecular complexity index is 504. The van der Waals surface area contributed by atoms with Crippen molar-refractivity contribution in [1.29, 1.82) is 0 Å². The summed E-state index contributed by atoms with van der Waals surface area (Å²) in [6.45, 7) is 3.93. The molecule has 1 saturated heterocycles. The molecule has 1 aliphatic rings. The van der Waals surface area contributed by atoms with Gasteiger partial charge in [-0.25, -0.2) is 0 Å². The zero-order chi connectivity index (χ0) is 14.5. The lowest BCUT2D eigenvalue weighted by atomic mass is 10.3. The number of halogens is 1. The van der Waals surface area contributed by atoms with Crippen LogP contribution in [0.4, 0.5) is 5.69 Å². The normalized spacial score (nSPS) is 16.0. The Morgan fingerprint density at radius 1 is 1.45 bits per heavy atom. The van der Waals surface area contributed by atoms with Crippen molar-refractivity contribution in [3.63, 3.8) is 0 Å². The van der Waals surface area contributed by atoms with Crippen molar-refractivity contribution in [2.45, 2.75) is 25.0 Å². The monoisotopic (exact) mass is 372 g/mol. The number of thioether (sulfide) groups is 1. The maximum Gasteiger partial charge on any atom is 0.237 e. The third kappa shape index (κ3) is 4.46. The SMILES string of the molecule is C[C@@H](SC(=S)N1CCCC1)C(=O)Nc1cccc(Br)c1. The van der Waals surface area contributed by atoms with E-state index in [0.717, 1.165) is 27.6 Å². The zero-order valence-corrected chi connectivity index (χ0v) is 14.5. The summed E-state index contributed by atoms with van der Waals surface area (Å²) in [5.74, 6) is -0.0188. The number of likely N-dealkylation sites (tertiary alicyclic amines) is 1. The molecular formula is C14H17BrN2OS2. The summed E-state index contributed by atoms with van der Waals surface area (Å²) in [7, 11) is 0. The first kappa shape index (κ1) is 15.8. The Kier molecular flexibility index (Phi) is 5.86. The molecule has 0 radical (unpaired) electrons. The van der Waals surface area contributed by atoms with Crippen molar-refractivity contribution < 1.29 is 4.79 Å². The van der Waals surface area contributed by atoms with Crippen molar-refractivity contribution in [1.82, 2.24) is 4.90 Å². The first-order valence-electron chi connectivity index (χ1n) is 6.58. The molecule has 0 spiro atoms. The number of carbonyl (C=O) groups is 1. The number of anilines is 1. The Morgan fingerprint density at radius 3 is 2.80 bits per heavy atom. The van der Waals surface area contributed by atoms with Crippen LogP contribution in [-0.2, 0) is 4.79 Å². The summed E-state index contributed by atoms with van der Waals surface area (Å²) in [6, 6.07) is 7.58. The van der Waals surface area contributed by atoms with Crippen LogP contribution in [0.3, 0.4) is 0 Å². The Morgan fingerprint density at radius 2 is 2.15 bits per heavy atom. The second-order valence-corrected chi connectivity index (χ2v) is 7.61. The smallest absolute Gasteiger partial charge is 0.237 e. The molecule has 1 fully saturated rings. The molecule has 1 amide bonds. The third-order valence-electron chi connectivity index (χ3n) is 3.10. The molecule has 1 aromatic rings. The fourth-order valence-corrected chi connectivity index (χ4v) is 3.80. The Balaban J connectivity index is 1.86. The number of hydrogen-bond donors (Lipinski definition) is 1. The molecule has 1 aromatic carbocycles. The quantitative estimate of drug-likeness (QED) is 0.815. The maximum absolute atomic E-state index is 12.1. The lowest BCUT2D eigenvalue weighted by Gasteiger charge is -2.20. The molecule has 0 aliphatic carbocycles. The highest BCUT2D eigenvalue weighted by Gasteiger charge is 2.21. The third-order valence-corrected chi connectivity index (χ3v) is 5.17. The molecule has 3 nitrogen and oxygen atoms in total. The van der Waals surface area contributed by atoms with Gasteiger partial charge >= 0.3 is 0 Å². The number of carbonyl (C=O) groups excluding carboxylic acids is 1. The van der Waals surface area contributed by atoms with Crippen molar-refractivity contribution in [2.75, 3.05) is 18.4 Å². The number of nitrogens with zero attached hydrogens (tertiary/aromatic N) is 1. The van der Waals surface area contributed by atoms with Gasteiger partial charge in [-0.1, -0.05) is 46.0 Å². The van der Waals surface area contributed by atoms with Crippen LogP contribution in [0.5, 0.6) is 0 Å². The standard InChI is InChI=1S/C14H17BrN2OS2/c1-10(20-14(19)17-7-2-3-8-17)13(18)16-12-6-4-5-11(15)9-12/h4-6,9-10H,2-3,7-8H2,1H3,(H,16,18)/t10-/m1/s1. The summed E-state index contributed by atoms with van der Waals surface area (Å²) < 4.78 is 1.78. The average molecular weight is 373 g/mol. The van der Waals surface area contributed by atoms with E-state index in [0.29, 0.717) is 0 Å². The summed E-state index contributed by atoms with van der Waals surface area (Å²) in [4.78, 5) is 14.3. The van der Waals surface area contributed by atoms with Gasteiger partial charge in [-0.05, 0) is 38.0 Å². The van der Waals surface area contributed by atoms with Gasteiger partial charge in [0, 0.05) is 23.2 Å². The Labute approximate surface area is 137 Å². The van der Waals surface area contributed by atoms with E-state index >= 15 is 0 Å². The van der Waals surface area contributed by atoms with Crippen LogP contribution < -0.4 is 5.32 Å². The molecule has 1 heterocycles. The van der Waals surface area contributed by atoms with E-state index in [1.165, 1.54) is 24.6 Å². The number of rotatable bonds is 3. The number of hydrogen-bond acceptors (Lipinski definition) is 3. The minimum atomic E-state index is -0.193. The molecule has 6 heteroatoms. The molecule has 2 rings (SSSR count). The van der Waals surface area contributed by atoms with Crippen LogP contribution in [0, 0.1) is 0 Å². The second-order valence-electron chi connectivity index (χ2n) is 4.72. The first-order valence-corrected chi connectivity index (χ1v) is 8.66. The highest BCUT2D eigenvalue weighted by atomic mass is 79.9. The minimum absolute atomic E-state index is 0.0188. The molecule has 1 atom stereocenters. The van der Waals surface area contributed by atoms with E-state index in [4.69, 9.17) is 12.2 Å². The van der Waals surface area contributed by atoms with Gasteiger partial charge < -0.3 is 10.2 Å². The summed E-state index contributed by atoms with van der Waals surface area (Å²) in [5, 5.41) is 2.72.